The Bertz CT molecular complexity index is 478. The van der Waals surface area contributed by atoms with Crippen molar-refractivity contribution in [1.29, 1.82) is 0 Å². The van der Waals surface area contributed by atoms with Crippen LogP contribution in [0.5, 0.6) is 0 Å². The number of hydrogen-bond acceptors (Lipinski definition) is 1. The summed E-state index contributed by atoms with van der Waals surface area (Å²) in [5.41, 5.74) is 2.22. The van der Waals surface area contributed by atoms with Gasteiger partial charge in [0.1, 0.15) is 0 Å². The van der Waals surface area contributed by atoms with E-state index in [0.717, 1.165) is 11.1 Å². The number of allylic oxidation sites excluding steroid dienone is 2. The summed E-state index contributed by atoms with van der Waals surface area (Å²) in [6.07, 6.45) is 8.56. The second-order valence-electron chi connectivity index (χ2n) is 5.80. The summed E-state index contributed by atoms with van der Waals surface area (Å²) >= 11 is 0. The molecule has 1 spiro atoms. The first-order valence-electron chi connectivity index (χ1n) is 7.05. The molecule has 94 valence electrons. The summed E-state index contributed by atoms with van der Waals surface area (Å²) in [5.74, 6) is 0.524. The van der Waals surface area contributed by atoms with Crippen LogP contribution < -0.4 is 0 Å². The van der Waals surface area contributed by atoms with Crippen molar-refractivity contribution >= 4 is 11.4 Å². The van der Waals surface area contributed by atoms with Crippen molar-refractivity contribution < 1.29 is 4.79 Å². The minimum atomic E-state index is 0.167. The lowest BCUT2D eigenvalue weighted by atomic mass is 9.68. The third-order valence-electron chi connectivity index (χ3n) is 4.82. The zero-order valence-corrected chi connectivity index (χ0v) is 11.0. The predicted octanol–water partition coefficient (Wildman–Crippen LogP) is 4.24. The lowest BCUT2D eigenvalue weighted by molar-refractivity contribution is -0.118. The first-order valence-corrected chi connectivity index (χ1v) is 7.05. The van der Waals surface area contributed by atoms with Crippen LogP contribution in [0.4, 0.5) is 0 Å². The van der Waals surface area contributed by atoms with Gasteiger partial charge in [-0.05, 0) is 23.8 Å². The van der Waals surface area contributed by atoms with E-state index in [2.05, 4.69) is 25.1 Å². The van der Waals surface area contributed by atoms with Crippen LogP contribution in [0.2, 0.25) is 0 Å². The fourth-order valence-electron chi connectivity index (χ4n) is 3.61. The quantitative estimate of drug-likeness (QED) is 0.717. The van der Waals surface area contributed by atoms with Crippen molar-refractivity contribution in [2.45, 2.75) is 39.0 Å². The van der Waals surface area contributed by atoms with Crippen molar-refractivity contribution in [2.24, 2.45) is 11.3 Å². The third-order valence-corrected chi connectivity index (χ3v) is 4.82. The largest absolute Gasteiger partial charge is 0.294 e. The predicted molar refractivity (Wildman–Crippen MR) is 74.1 cm³/mol. The highest BCUT2D eigenvalue weighted by Gasteiger charge is 2.45. The van der Waals surface area contributed by atoms with Crippen molar-refractivity contribution in [3.8, 4) is 0 Å². The summed E-state index contributed by atoms with van der Waals surface area (Å²) in [5, 5.41) is 0. The van der Waals surface area contributed by atoms with Crippen LogP contribution in [0.15, 0.2) is 36.4 Å². The molecule has 1 unspecified atom stereocenters. The van der Waals surface area contributed by atoms with Gasteiger partial charge >= 0.3 is 0 Å². The Labute approximate surface area is 109 Å². The molecule has 1 fully saturated rings. The molecule has 3 rings (SSSR count). The Morgan fingerprint density at radius 2 is 1.72 bits per heavy atom. The van der Waals surface area contributed by atoms with Gasteiger partial charge in [-0.25, -0.2) is 0 Å². The highest BCUT2D eigenvalue weighted by molar-refractivity contribution is 6.24. The zero-order chi connectivity index (χ0) is 12.6. The van der Waals surface area contributed by atoms with Crippen LogP contribution in [0.1, 0.15) is 44.6 Å². The Balaban J connectivity index is 2.00. The highest BCUT2D eigenvalue weighted by atomic mass is 16.1. The van der Waals surface area contributed by atoms with Gasteiger partial charge in [0, 0.05) is 11.5 Å². The highest BCUT2D eigenvalue weighted by Crippen LogP contribution is 2.51. The molecule has 1 aromatic rings. The van der Waals surface area contributed by atoms with Crippen molar-refractivity contribution in [3.05, 3.63) is 42.0 Å². The Morgan fingerprint density at radius 1 is 1.06 bits per heavy atom. The summed E-state index contributed by atoms with van der Waals surface area (Å²) < 4.78 is 0. The molecular formula is C17H20O. The molecule has 0 aliphatic heterocycles. The van der Waals surface area contributed by atoms with Gasteiger partial charge in [-0.1, -0.05) is 62.6 Å². The smallest absolute Gasteiger partial charge is 0.166 e. The topological polar surface area (TPSA) is 17.1 Å². The van der Waals surface area contributed by atoms with E-state index in [9.17, 15) is 4.79 Å². The summed E-state index contributed by atoms with van der Waals surface area (Å²) in [6.45, 7) is 2.13. The number of ketones is 1. The molecule has 2 aliphatic rings. The van der Waals surface area contributed by atoms with Crippen LogP contribution in [0.3, 0.4) is 0 Å². The maximum Gasteiger partial charge on any atom is 0.166 e. The molecule has 0 saturated heterocycles. The molecule has 0 aromatic heterocycles. The van der Waals surface area contributed by atoms with E-state index >= 15 is 0 Å². The van der Waals surface area contributed by atoms with E-state index in [1.165, 1.54) is 32.1 Å². The normalized spacial score (nSPS) is 26.4. The standard InChI is InChI=1S/C17H20O/c1-13-16(18)15(14-8-4-2-5-9-14)12-17(13)10-6-3-7-11-17/h2,4-5,8-9,12-13H,3,6-7,10-11H2,1H3. The van der Waals surface area contributed by atoms with Gasteiger partial charge in [-0.15, -0.1) is 0 Å². The van der Waals surface area contributed by atoms with Gasteiger partial charge in [0.05, 0.1) is 0 Å². The van der Waals surface area contributed by atoms with Crippen molar-refractivity contribution in [2.75, 3.05) is 0 Å². The Hall–Kier alpha value is -1.37. The van der Waals surface area contributed by atoms with E-state index < -0.39 is 0 Å². The minimum Gasteiger partial charge on any atom is -0.294 e. The second kappa shape index (κ2) is 4.38. The molecule has 0 radical (unpaired) electrons. The summed E-state index contributed by atoms with van der Waals surface area (Å²) in [6, 6.07) is 10.1. The van der Waals surface area contributed by atoms with Gasteiger partial charge in [0.2, 0.25) is 0 Å². The maximum absolute atomic E-state index is 12.5. The van der Waals surface area contributed by atoms with E-state index in [4.69, 9.17) is 0 Å². The van der Waals surface area contributed by atoms with Crippen molar-refractivity contribution in [1.82, 2.24) is 0 Å². The number of benzene rings is 1. The number of rotatable bonds is 1. The Morgan fingerprint density at radius 3 is 2.39 bits per heavy atom. The summed E-state index contributed by atoms with van der Waals surface area (Å²) in [4.78, 5) is 12.5. The second-order valence-corrected chi connectivity index (χ2v) is 5.80. The SMILES string of the molecule is CC1C(=O)C(c2ccccc2)=CC12CCCCC2. The van der Waals surface area contributed by atoms with Gasteiger partial charge in [-0.2, -0.15) is 0 Å². The average molecular weight is 240 g/mol. The molecule has 0 bridgehead atoms. The van der Waals surface area contributed by atoms with Crippen LogP contribution in [0, 0.1) is 11.3 Å². The van der Waals surface area contributed by atoms with Crippen LogP contribution in [-0.2, 0) is 4.79 Å². The molecule has 2 aliphatic carbocycles. The first-order chi connectivity index (χ1) is 8.73. The maximum atomic E-state index is 12.5. The minimum absolute atomic E-state index is 0.167. The molecule has 0 amide bonds. The lowest BCUT2D eigenvalue weighted by Gasteiger charge is -2.35. The molecule has 0 heterocycles. The molecular weight excluding hydrogens is 220 g/mol. The van der Waals surface area contributed by atoms with Gasteiger partial charge < -0.3 is 0 Å². The lowest BCUT2D eigenvalue weighted by Crippen LogP contribution is -2.29. The monoisotopic (exact) mass is 240 g/mol. The van der Waals surface area contributed by atoms with E-state index in [-0.39, 0.29) is 11.3 Å². The average Bonchev–Trinajstić information content (AvgIpc) is 2.67. The fourth-order valence-corrected chi connectivity index (χ4v) is 3.61. The zero-order valence-electron chi connectivity index (χ0n) is 11.0. The van der Waals surface area contributed by atoms with Gasteiger partial charge in [-0.3, -0.25) is 4.79 Å². The number of carbonyl (C=O) groups excluding carboxylic acids is 1. The molecule has 1 aromatic carbocycles. The van der Waals surface area contributed by atoms with Gasteiger partial charge in [0.25, 0.3) is 0 Å². The Kier molecular flexibility index (Phi) is 2.85. The third kappa shape index (κ3) is 1.73. The van der Waals surface area contributed by atoms with E-state index in [1.807, 2.05) is 18.2 Å². The van der Waals surface area contributed by atoms with E-state index in [1.54, 1.807) is 0 Å². The molecule has 18 heavy (non-hydrogen) atoms. The molecule has 1 heteroatoms. The molecule has 1 nitrogen and oxygen atoms in total. The van der Waals surface area contributed by atoms with Crippen LogP contribution >= 0.6 is 0 Å². The van der Waals surface area contributed by atoms with Crippen molar-refractivity contribution in [3.63, 3.8) is 0 Å². The number of Topliss-reactive ketones (excluding diaryl/α,β-unsaturated/α-hetero) is 1. The first kappa shape index (κ1) is 11.7. The fraction of sp³-hybridized carbons (Fsp3) is 0.471. The molecule has 1 saturated carbocycles. The molecule has 0 N–H and O–H groups in total. The molecule has 1 atom stereocenters. The van der Waals surface area contributed by atoms with E-state index in [0.29, 0.717) is 5.78 Å². The summed E-state index contributed by atoms with van der Waals surface area (Å²) in [7, 11) is 0. The van der Waals surface area contributed by atoms with Crippen LogP contribution in [0.25, 0.3) is 5.57 Å². The van der Waals surface area contributed by atoms with Gasteiger partial charge in [0.15, 0.2) is 5.78 Å². The van der Waals surface area contributed by atoms with Crippen LogP contribution in [-0.4, -0.2) is 5.78 Å². The number of hydrogen-bond donors (Lipinski definition) is 0. The number of carbonyl (C=O) groups is 1.